The van der Waals surface area contributed by atoms with Crippen molar-refractivity contribution in [2.24, 2.45) is 23.7 Å². The van der Waals surface area contributed by atoms with Crippen molar-refractivity contribution in [1.29, 1.82) is 0 Å². The second-order valence-corrected chi connectivity index (χ2v) is 21.0. The normalized spacial score (nSPS) is 19.1. The van der Waals surface area contributed by atoms with E-state index in [1.165, 1.54) is 14.2 Å². The second-order valence-electron chi connectivity index (χ2n) is 17.3. The van der Waals surface area contributed by atoms with Crippen LogP contribution < -0.4 is 15.8 Å². The van der Waals surface area contributed by atoms with Crippen LogP contribution in [0.3, 0.4) is 0 Å². The van der Waals surface area contributed by atoms with Crippen molar-refractivity contribution < 1.29 is 43.3 Å². The molecule has 4 N–H and O–H groups in total. The average Bonchev–Trinajstić information content (AvgIpc) is 3.62. The number of methoxy groups -OCH3 is 2. The first kappa shape index (κ1) is 49.8. The summed E-state index contributed by atoms with van der Waals surface area (Å²) in [7, 11) is 5.89. The van der Waals surface area contributed by atoms with E-state index in [4.69, 9.17) is 9.47 Å². The summed E-state index contributed by atoms with van der Waals surface area (Å²) in [5.41, 5.74) is 0.706. The molecule has 0 radical (unpaired) electrons. The lowest BCUT2D eigenvalue weighted by Gasteiger charge is -2.41. The zero-order valence-electron chi connectivity index (χ0n) is 37.0. The lowest BCUT2D eigenvalue weighted by molar-refractivity contribution is -0.148. The molecular formula is C42H73N5O9Si. The molecule has 0 aromatic heterocycles. The minimum absolute atomic E-state index is 0.0266. The summed E-state index contributed by atoms with van der Waals surface area (Å²) < 4.78 is 11.9. The number of amides is 4. The quantitative estimate of drug-likeness (QED) is 0.127. The highest BCUT2D eigenvalue weighted by Crippen LogP contribution is 2.30. The van der Waals surface area contributed by atoms with E-state index >= 15 is 0 Å². The summed E-state index contributed by atoms with van der Waals surface area (Å²) in [6, 6.07) is 3.79. The van der Waals surface area contributed by atoms with E-state index in [0.29, 0.717) is 31.4 Å². The SMILES string of the molecule is CC[C@@H](C)C([C@H](CC(=O)N1CCC[C@@H]1[C@@H](OC)[C@H](C)C(=O)N[C@H](Cc1ccc([Si](C)(C)O)cc1)C(=O)O)OC)N(C)C(=O)[C@H](NC(=O)[C@@H](C(C)C)N(C)C)C(C)C. The number of carbonyl (C=O) groups is 5. The maximum absolute atomic E-state index is 14.2. The highest BCUT2D eigenvalue weighted by atomic mass is 28.4. The van der Waals surface area contributed by atoms with Crippen LogP contribution in [0.1, 0.15) is 79.7 Å². The van der Waals surface area contributed by atoms with Gasteiger partial charge in [-0.2, -0.15) is 0 Å². The molecule has 57 heavy (non-hydrogen) atoms. The molecule has 1 aliphatic heterocycles. The molecule has 0 bridgehead atoms. The fourth-order valence-corrected chi connectivity index (χ4v) is 9.18. The van der Waals surface area contributed by atoms with Gasteiger partial charge in [0.15, 0.2) is 0 Å². The van der Waals surface area contributed by atoms with Crippen molar-refractivity contribution in [1.82, 2.24) is 25.3 Å². The molecular weight excluding hydrogens is 747 g/mol. The fourth-order valence-electron chi connectivity index (χ4n) is 8.20. The number of ether oxygens (including phenoxy) is 2. The Morgan fingerprint density at radius 1 is 0.912 bits per heavy atom. The summed E-state index contributed by atoms with van der Waals surface area (Å²) >= 11 is 0. The molecule has 15 heteroatoms. The Morgan fingerprint density at radius 2 is 1.51 bits per heavy atom. The van der Waals surface area contributed by atoms with Gasteiger partial charge in [-0.15, -0.1) is 0 Å². The van der Waals surface area contributed by atoms with Gasteiger partial charge in [0.25, 0.3) is 0 Å². The van der Waals surface area contributed by atoms with Crippen LogP contribution in [-0.4, -0.2) is 147 Å². The molecule has 1 heterocycles. The summed E-state index contributed by atoms with van der Waals surface area (Å²) in [6.45, 7) is 17.5. The van der Waals surface area contributed by atoms with E-state index in [1.807, 2.05) is 60.5 Å². The topological polar surface area (TPSA) is 178 Å². The van der Waals surface area contributed by atoms with Crippen molar-refractivity contribution in [2.45, 2.75) is 136 Å². The highest BCUT2D eigenvalue weighted by Gasteiger charge is 2.43. The van der Waals surface area contributed by atoms with Crippen molar-refractivity contribution in [3.05, 3.63) is 29.8 Å². The molecule has 0 spiro atoms. The molecule has 1 aromatic rings. The van der Waals surface area contributed by atoms with Gasteiger partial charge >= 0.3 is 5.97 Å². The lowest BCUT2D eigenvalue weighted by atomic mass is 9.89. The summed E-state index contributed by atoms with van der Waals surface area (Å²) in [5, 5.41) is 16.6. The summed E-state index contributed by atoms with van der Waals surface area (Å²) in [4.78, 5) is 83.4. The third-order valence-corrected chi connectivity index (χ3v) is 13.4. The summed E-state index contributed by atoms with van der Waals surface area (Å²) in [5.74, 6) is -3.38. The summed E-state index contributed by atoms with van der Waals surface area (Å²) in [6.07, 6.45) is 0.628. The third-order valence-electron chi connectivity index (χ3n) is 11.7. The smallest absolute Gasteiger partial charge is 0.326 e. The highest BCUT2D eigenvalue weighted by molar-refractivity contribution is 6.83. The van der Waals surface area contributed by atoms with Gasteiger partial charge in [-0.1, -0.05) is 79.2 Å². The lowest BCUT2D eigenvalue weighted by Crippen LogP contribution is -2.59. The third kappa shape index (κ3) is 13.3. The first-order valence-electron chi connectivity index (χ1n) is 20.5. The minimum Gasteiger partial charge on any atom is -0.480 e. The van der Waals surface area contributed by atoms with Crippen molar-refractivity contribution in [2.75, 3.05) is 41.9 Å². The molecule has 0 aliphatic carbocycles. The first-order chi connectivity index (χ1) is 26.5. The van der Waals surface area contributed by atoms with Gasteiger partial charge in [0.2, 0.25) is 31.9 Å². The van der Waals surface area contributed by atoms with Crippen LogP contribution in [0.5, 0.6) is 0 Å². The predicted molar refractivity (Wildman–Crippen MR) is 224 cm³/mol. The van der Waals surface area contributed by atoms with Crippen LogP contribution in [-0.2, 0) is 39.9 Å². The van der Waals surface area contributed by atoms with Crippen molar-refractivity contribution in [3.8, 4) is 0 Å². The van der Waals surface area contributed by atoms with Gasteiger partial charge in [0.05, 0.1) is 42.7 Å². The molecule has 324 valence electrons. The number of aliphatic carboxylic acids is 1. The standard InChI is InChI=1S/C42H73N5O9Si/c1-15-27(6)37(46(10)41(51)35(25(2)3)44-40(50)36(26(4)5)45(8)9)33(55-11)24-34(48)47-22-16-17-32(47)38(56-12)28(7)39(49)43-31(42(52)53)23-29-18-20-30(21-19-29)57(13,14)54/h18-21,25-28,31-33,35-38,54H,15-17,22-24H2,1-14H3,(H,43,49)(H,44,50)(H,52,53)/t27-,28+,31-,32-,33+,35-,36-,37?,38+/m1/s1. The van der Waals surface area contributed by atoms with Gasteiger partial charge in [-0.05, 0) is 68.5 Å². The van der Waals surface area contributed by atoms with Gasteiger partial charge in [0, 0.05) is 34.2 Å². The molecule has 2 rings (SSSR count). The Morgan fingerprint density at radius 3 is 1.96 bits per heavy atom. The predicted octanol–water partition coefficient (Wildman–Crippen LogP) is 2.85. The van der Waals surface area contributed by atoms with Crippen LogP contribution in [0.15, 0.2) is 24.3 Å². The monoisotopic (exact) mass is 820 g/mol. The maximum atomic E-state index is 14.2. The molecule has 1 aliphatic rings. The maximum Gasteiger partial charge on any atom is 0.326 e. The fraction of sp³-hybridized carbons (Fsp3) is 0.738. The zero-order valence-corrected chi connectivity index (χ0v) is 38.0. The number of carboxylic acids is 1. The van der Waals surface area contributed by atoms with E-state index in [-0.39, 0.29) is 48.3 Å². The Bertz CT molecular complexity index is 1480. The molecule has 0 saturated carbocycles. The van der Waals surface area contributed by atoms with Crippen LogP contribution in [0.25, 0.3) is 0 Å². The number of likely N-dealkylation sites (N-methyl/N-ethyl adjacent to an activating group) is 2. The Labute approximate surface area is 342 Å². The van der Waals surface area contributed by atoms with Gasteiger partial charge < -0.3 is 39.8 Å². The number of hydrogen-bond donors (Lipinski definition) is 4. The number of likely N-dealkylation sites (tertiary alicyclic amines) is 1. The number of carbonyl (C=O) groups excluding carboxylic acids is 4. The van der Waals surface area contributed by atoms with Crippen molar-refractivity contribution >= 4 is 43.1 Å². The molecule has 14 nitrogen and oxygen atoms in total. The first-order valence-corrected chi connectivity index (χ1v) is 23.4. The van der Waals surface area contributed by atoms with Crippen molar-refractivity contribution in [3.63, 3.8) is 0 Å². The number of rotatable bonds is 22. The number of nitrogens with one attached hydrogen (secondary N) is 2. The van der Waals surface area contributed by atoms with Crippen LogP contribution in [0.2, 0.25) is 13.1 Å². The molecule has 1 unspecified atom stereocenters. The number of benzene rings is 1. The number of nitrogens with zero attached hydrogens (tertiary/aromatic N) is 3. The average molecular weight is 820 g/mol. The van der Waals surface area contributed by atoms with E-state index in [1.54, 1.807) is 61.1 Å². The molecule has 1 fully saturated rings. The van der Waals surface area contributed by atoms with E-state index in [0.717, 1.165) is 5.19 Å². The molecule has 1 aromatic carbocycles. The van der Waals surface area contributed by atoms with Gasteiger partial charge in [-0.25, -0.2) is 4.79 Å². The Kier molecular flexibility index (Phi) is 19.3. The van der Waals surface area contributed by atoms with Crippen LogP contribution in [0.4, 0.5) is 0 Å². The van der Waals surface area contributed by atoms with Gasteiger partial charge in [-0.3, -0.25) is 24.1 Å². The minimum atomic E-state index is -2.52. The van der Waals surface area contributed by atoms with Crippen LogP contribution >= 0.6 is 0 Å². The molecule has 9 atom stereocenters. The Balaban J connectivity index is 2.27. The van der Waals surface area contributed by atoms with E-state index < -0.39 is 68.5 Å². The number of hydrogen-bond acceptors (Lipinski definition) is 9. The largest absolute Gasteiger partial charge is 0.480 e. The van der Waals surface area contributed by atoms with E-state index in [2.05, 4.69) is 10.6 Å². The zero-order chi connectivity index (χ0) is 43.5. The Hall–Kier alpha value is -3.37. The molecule has 4 amide bonds. The second kappa shape index (κ2) is 22.1. The van der Waals surface area contributed by atoms with E-state index in [9.17, 15) is 33.9 Å². The van der Waals surface area contributed by atoms with Crippen LogP contribution in [0, 0.1) is 23.7 Å². The molecule has 1 saturated heterocycles. The van der Waals surface area contributed by atoms with Gasteiger partial charge in [0.1, 0.15) is 12.1 Å². The number of carboxylic acid groups (broad SMARTS) is 1.